The molecule has 0 atom stereocenters. The molecule has 0 aromatic carbocycles. The molecule has 1 N–H and O–H groups in total. The first-order valence-corrected chi connectivity index (χ1v) is 8.99. The number of hydrogen-bond donors (Lipinski definition) is 1. The number of aromatic nitrogens is 4. The second-order valence-corrected chi connectivity index (χ2v) is 7.32. The first kappa shape index (κ1) is 16.0. The molecule has 0 radical (unpaired) electrons. The molecule has 4 rings (SSSR count). The van der Waals surface area contributed by atoms with Crippen LogP contribution in [-0.4, -0.2) is 37.1 Å². The normalized spacial score (nSPS) is 13.6. The fourth-order valence-electron chi connectivity index (χ4n) is 2.73. The van der Waals surface area contributed by atoms with E-state index in [4.69, 9.17) is 11.6 Å². The van der Waals surface area contributed by atoms with E-state index in [-0.39, 0.29) is 5.91 Å². The Morgan fingerprint density at radius 1 is 1.28 bits per heavy atom. The summed E-state index contributed by atoms with van der Waals surface area (Å²) in [6.45, 7) is 2.40. The molecule has 0 unspecified atom stereocenters. The number of amides is 1. The van der Waals surface area contributed by atoms with Crippen LogP contribution in [0.3, 0.4) is 0 Å². The van der Waals surface area contributed by atoms with Crippen molar-refractivity contribution in [3.8, 4) is 0 Å². The van der Waals surface area contributed by atoms with Crippen molar-refractivity contribution < 1.29 is 4.79 Å². The smallest absolute Gasteiger partial charge is 0.264 e. The number of anilines is 1. The van der Waals surface area contributed by atoms with Gasteiger partial charge in [0.05, 0.1) is 40.2 Å². The zero-order chi connectivity index (χ0) is 17.2. The number of carbonyl (C=O) groups excluding carboxylic acids is 1. The lowest BCUT2D eigenvalue weighted by atomic mass is 10.2. The van der Waals surface area contributed by atoms with Crippen LogP contribution in [0.25, 0.3) is 0 Å². The summed E-state index contributed by atoms with van der Waals surface area (Å²) in [5, 5.41) is 7.72. The number of halogens is 1. The Bertz CT molecular complexity index is 893. The average molecular weight is 375 g/mol. The maximum Gasteiger partial charge on any atom is 0.264 e. The predicted octanol–water partition coefficient (Wildman–Crippen LogP) is 2.66. The summed E-state index contributed by atoms with van der Waals surface area (Å²) in [7, 11) is 0. The lowest BCUT2D eigenvalue weighted by molar-refractivity contribution is 0.0711. The Balaban J connectivity index is 1.43. The van der Waals surface area contributed by atoms with Crippen LogP contribution in [0.15, 0.2) is 36.7 Å². The fraction of sp³-hybridized carbons (Fsp3) is 0.250. The summed E-state index contributed by atoms with van der Waals surface area (Å²) < 4.78 is 2.58. The topological polar surface area (TPSA) is 75.9 Å². The second-order valence-electron chi connectivity index (χ2n) is 5.61. The van der Waals surface area contributed by atoms with Gasteiger partial charge in [0.15, 0.2) is 0 Å². The number of thiophene rings is 1. The molecule has 1 aliphatic rings. The van der Waals surface area contributed by atoms with Crippen molar-refractivity contribution >= 4 is 34.8 Å². The Labute approximate surface area is 153 Å². The standard InChI is InChI=1S/C16H15ClN6OS/c17-14-3-2-13(25-14)15(24)22-6-7-23-12(10-22)8-11(21-23)9-20-16-18-4-1-5-19-16/h1-5,8H,6-7,9-10H2,(H,18,19,20). The maximum atomic E-state index is 12.6. The minimum Gasteiger partial charge on any atom is -0.348 e. The first-order valence-electron chi connectivity index (χ1n) is 7.80. The van der Waals surface area contributed by atoms with Crippen molar-refractivity contribution in [2.24, 2.45) is 0 Å². The van der Waals surface area contributed by atoms with Crippen LogP contribution in [0.1, 0.15) is 21.1 Å². The average Bonchev–Trinajstić information content (AvgIpc) is 3.25. The van der Waals surface area contributed by atoms with Crippen molar-refractivity contribution in [2.75, 3.05) is 11.9 Å². The molecule has 3 aromatic rings. The third kappa shape index (κ3) is 3.49. The van der Waals surface area contributed by atoms with Crippen LogP contribution in [0.2, 0.25) is 4.34 Å². The molecule has 0 saturated heterocycles. The number of nitrogens with zero attached hydrogens (tertiary/aromatic N) is 5. The summed E-state index contributed by atoms with van der Waals surface area (Å²) in [5.41, 5.74) is 1.92. The minimum absolute atomic E-state index is 0.0155. The van der Waals surface area contributed by atoms with Gasteiger partial charge in [-0.1, -0.05) is 11.6 Å². The zero-order valence-electron chi connectivity index (χ0n) is 13.2. The largest absolute Gasteiger partial charge is 0.348 e. The predicted molar refractivity (Wildman–Crippen MR) is 95.7 cm³/mol. The second kappa shape index (κ2) is 6.81. The summed E-state index contributed by atoms with van der Waals surface area (Å²) >= 11 is 7.24. The van der Waals surface area contributed by atoms with E-state index in [2.05, 4.69) is 20.4 Å². The fourth-order valence-corrected chi connectivity index (χ4v) is 3.74. The number of carbonyl (C=O) groups is 1. The van der Waals surface area contributed by atoms with Gasteiger partial charge in [-0.05, 0) is 24.3 Å². The molecule has 3 aromatic heterocycles. The first-order chi connectivity index (χ1) is 12.2. The van der Waals surface area contributed by atoms with Gasteiger partial charge in [-0.15, -0.1) is 11.3 Å². The minimum atomic E-state index is 0.0155. The Kier molecular flexibility index (Phi) is 4.37. The quantitative estimate of drug-likeness (QED) is 0.759. The molecular formula is C16H15ClN6OS. The van der Waals surface area contributed by atoms with E-state index < -0.39 is 0 Å². The number of nitrogens with one attached hydrogen (secondary N) is 1. The molecule has 0 bridgehead atoms. The lowest BCUT2D eigenvalue weighted by Gasteiger charge is -2.27. The Morgan fingerprint density at radius 2 is 2.12 bits per heavy atom. The van der Waals surface area contributed by atoms with Gasteiger partial charge < -0.3 is 10.2 Å². The molecule has 7 nitrogen and oxygen atoms in total. The van der Waals surface area contributed by atoms with Gasteiger partial charge in [-0.25, -0.2) is 9.97 Å². The number of fused-ring (bicyclic) bond motifs is 1. The summed E-state index contributed by atoms with van der Waals surface area (Å²) in [6, 6.07) is 7.31. The third-order valence-electron chi connectivity index (χ3n) is 3.91. The van der Waals surface area contributed by atoms with Crippen molar-refractivity contribution in [2.45, 2.75) is 19.6 Å². The number of rotatable bonds is 4. The molecule has 0 saturated carbocycles. The highest BCUT2D eigenvalue weighted by atomic mass is 35.5. The molecule has 1 amide bonds. The van der Waals surface area contributed by atoms with Crippen LogP contribution < -0.4 is 5.32 Å². The van der Waals surface area contributed by atoms with Crippen LogP contribution in [0.4, 0.5) is 5.95 Å². The zero-order valence-corrected chi connectivity index (χ0v) is 14.8. The monoisotopic (exact) mass is 374 g/mol. The third-order valence-corrected chi connectivity index (χ3v) is 5.13. The molecule has 25 heavy (non-hydrogen) atoms. The van der Waals surface area contributed by atoms with E-state index in [9.17, 15) is 4.79 Å². The molecule has 0 spiro atoms. The van der Waals surface area contributed by atoms with Gasteiger partial charge in [-0.3, -0.25) is 9.48 Å². The number of hydrogen-bond acceptors (Lipinski definition) is 6. The molecular weight excluding hydrogens is 360 g/mol. The van der Waals surface area contributed by atoms with Gasteiger partial charge in [0, 0.05) is 18.9 Å². The van der Waals surface area contributed by atoms with Crippen LogP contribution in [0, 0.1) is 0 Å². The van der Waals surface area contributed by atoms with Crippen molar-refractivity contribution in [3.05, 3.63) is 57.3 Å². The molecule has 128 valence electrons. The van der Waals surface area contributed by atoms with Crippen molar-refractivity contribution in [1.82, 2.24) is 24.6 Å². The molecule has 0 aliphatic carbocycles. The van der Waals surface area contributed by atoms with Crippen molar-refractivity contribution in [1.29, 1.82) is 0 Å². The van der Waals surface area contributed by atoms with Gasteiger partial charge in [0.1, 0.15) is 0 Å². The summed E-state index contributed by atoms with van der Waals surface area (Å²) in [4.78, 5) is 23.3. The molecule has 0 fully saturated rings. The lowest BCUT2D eigenvalue weighted by Crippen LogP contribution is -2.38. The Morgan fingerprint density at radius 3 is 2.88 bits per heavy atom. The highest BCUT2D eigenvalue weighted by Gasteiger charge is 2.24. The van der Waals surface area contributed by atoms with E-state index >= 15 is 0 Å². The van der Waals surface area contributed by atoms with E-state index in [0.717, 1.165) is 11.4 Å². The van der Waals surface area contributed by atoms with E-state index in [1.54, 1.807) is 30.6 Å². The molecule has 9 heteroatoms. The van der Waals surface area contributed by atoms with Crippen LogP contribution in [-0.2, 0) is 19.6 Å². The van der Waals surface area contributed by atoms with Gasteiger partial charge in [0.25, 0.3) is 5.91 Å². The summed E-state index contributed by atoms with van der Waals surface area (Å²) in [5.74, 6) is 0.585. The van der Waals surface area contributed by atoms with E-state index in [1.165, 1.54) is 11.3 Å². The van der Waals surface area contributed by atoms with Gasteiger partial charge in [-0.2, -0.15) is 5.10 Å². The maximum absolute atomic E-state index is 12.6. The highest BCUT2D eigenvalue weighted by molar-refractivity contribution is 7.17. The van der Waals surface area contributed by atoms with E-state index in [0.29, 0.717) is 41.3 Å². The van der Waals surface area contributed by atoms with E-state index in [1.807, 2.05) is 15.6 Å². The van der Waals surface area contributed by atoms with Crippen molar-refractivity contribution in [3.63, 3.8) is 0 Å². The molecule has 4 heterocycles. The van der Waals surface area contributed by atoms with Gasteiger partial charge >= 0.3 is 0 Å². The SMILES string of the molecule is O=C(c1ccc(Cl)s1)N1CCn2nc(CNc3ncccn3)cc2C1. The molecule has 1 aliphatic heterocycles. The van der Waals surface area contributed by atoms with Crippen LogP contribution in [0.5, 0.6) is 0 Å². The highest BCUT2D eigenvalue weighted by Crippen LogP contribution is 2.24. The Hall–Kier alpha value is -2.45. The summed E-state index contributed by atoms with van der Waals surface area (Å²) in [6.07, 6.45) is 3.38. The van der Waals surface area contributed by atoms with Gasteiger partial charge in [0.2, 0.25) is 5.95 Å². The van der Waals surface area contributed by atoms with Crippen LogP contribution >= 0.6 is 22.9 Å².